The van der Waals surface area contributed by atoms with Crippen molar-refractivity contribution in [3.63, 3.8) is 0 Å². The molecule has 4 aromatic carbocycles. The second-order valence-electron chi connectivity index (χ2n) is 8.64. The summed E-state index contributed by atoms with van der Waals surface area (Å²) >= 11 is 6.04. The van der Waals surface area contributed by atoms with E-state index >= 15 is 0 Å². The number of nitro benzene ring substituents is 2. The molecule has 44 heavy (non-hydrogen) atoms. The Morgan fingerprint density at radius 2 is 0.864 bits per heavy atom. The predicted molar refractivity (Wildman–Crippen MR) is 174 cm³/mol. The Morgan fingerprint density at radius 3 is 1.16 bits per heavy atom. The van der Waals surface area contributed by atoms with Gasteiger partial charge in [-0.15, -0.1) is 0 Å². The SMILES string of the molecule is O=C(NC(=[Se])Nc1ccc([Se][Se]c2ccc(NC(=[Se])NC(=O)c3ccc([N+](=O)[O-])cc3)cc2)cc1)c1ccc([N+](=O)[O-])cc1. The monoisotopic (exact) mass is 856 g/mol. The Kier molecular flexibility index (Phi) is 11.7. The minimum atomic E-state index is -0.520. The first kappa shape index (κ1) is 32.9. The quantitative estimate of drug-likeness (QED) is 0.0878. The number of nitro groups is 2. The average Bonchev–Trinajstić information content (AvgIpc) is 3.01. The van der Waals surface area contributed by atoms with Crippen LogP contribution in [0.3, 0.4) is 0 Å². The van der Waals surface area contributed by atoms with E-state index in [-0.39, 0.29) is 37.6 Å². The number of nitrogens with one attached hydrogen (secondary N) is 4. The van der Waals surface area contributed by atoms with Crippen LogP contribution in [0.1, 0.15) is 20.7 Å². The number of benzene rings is 4. The maximum absolute atomic E-state index is 12.4. The van der Waals surface area contributed by atoms with Crippen molar-refractivity contribution in [2.45, 2.75) is 0 Å². The molecule has 0 aromatic heterocycles. The summed E-state index contributed by atoms with van der Waals surface area (Å²) in [4.78, 5) is 45.3. The summed E-state index contributed by atoms with van der Waals surface area (Å²) in [5, 5.41) is 33.1. The van der Waals surface area contributed by atoms with Gasteiger partial charge < -0.3 is 0 Å². The van der Waals surface area contributed by atoms with E-state index in [1.165, 1.54) is 57.5 Å². The number of non-ortho nitro benzene ring substituents is 2. The summed E-state index contributed by atoms with van der Waals surface area (Å²) in [5.74, 6) is -0.800. The second-order valence-corrected chi connectivity index (χ2v) is 16.7. The van der Waals surface area contributed by atoms with Crippen molar-refractivity contribution in [2.24, 2.45) is 0 Å². The molecule has 0 spiro atoms. The van der Waals surface area contributed by atoms with Crippen LogP contribution in [0.4, 0.5) is 22.7 Å². The van der Waals surface area contributed by atoms with Crippen LogP contribution >= 0.6 is 0 Å². The van der Waals surface area contributed by atoms with Crippen molar-refractivity contribution < 1.29 is 19.4 Å². The number of carbonyl (C=O) groups is 2. The predicted octanol–water partition coefficient (Wildman–Crippen LogP) is 0.973. The number of hydrogen-bond acceptors (Lipinski definition) is 8. The second kappa shape index (κ2) is 15.7. The number of amides is 2. The molecule has 4 rings (SSSR count). The minimum absolute atomic E-state index is 0.0849. The Bertz CT molecular complexity index is 1590. The third-order valence-electron chi connectivity index (χ3n) is 5.59. The molecule has 222 valence electrons. The third kappa shape index (κ3) is 9.78. The number of carbonyl (C=O) groups excluding carboxylic acids is 2. The molecule has 0 saturated carbocycles. The van der Waals surface area contributed by atoms with Gasteiger partial charge in [-0.1, -0.05) is 0 Å². The van der Waals surface area contributed by atoms with Crippen molar-refractivity contribution in [1.29, 1.82) is 0 Å². The summed E-state index contributed by atoms with van der Waals surface area (Å²) in [6.07, 6.45) is 0. The van der Waals surface area contributed by atoms with Gasteiger partial charge in [0.1, 0.15) is 0 Å². The summed E-state index contributed by atoms with van der Waals surface area (Å²) < 4.78 is 3.24. The van der Waals surface area contributed by atoms with Crippen LogP contribution in [0.2, 0.25) is 0 Å². The molecule has 0 atom stereocenters. The zero-order valence-corrected chi connectivity index (χ0v) is 29.1. The first-order chi connectivity index (χ1) is 21.1. The van der Waals surface area contributed by atoms with Crippen LogP contribution in [-0.4, -0.2) is 88.4 Å². The van der Waals surface area contributed by atoms with Crippen molar-refractivity contribution >= 4 is 110 Å². The third-order valence-corrected chi connectivity index (χ3v) is 13.7. The first-order valence-electron chi connectivity index (χ1n) is 12.4. The molecule has 4 N–H and O–H groups in total. The van der Waals surface area contributed by atoms with E-state index in [4.69, 9.17) is 0 Å². The van der Waals surface area contributed by atoms with E-state index in [1.54, 1.807) is 0 Å². The van der Waals surface area contributed by atoms with Gasteiger partial charge in [0.15, 0.2) is 0 Å². The van der Waals surface area contributed by atoms with Crippen LogP contribution in [0, 0.1) is 20.2 Å². The molecule has 0 aliphatic rings. The summed E-state index contributed by atoms with van der Waals surface area (Å²) in [5.41, 5.74) is 2.00. The number of hydrogen-bond donors (Lipinski definition) is 4. The van der Waals surface area contributed by atoms with E-state index < -0.39 is 21.7 Å². The van der Waals surface area contributed by atoms with Gasteiger partial charge in [0.05, 0.1) is 0 Å². The molecule has 0 fully saturated rings. The molecule has 16 heteroatoms. The Labute approximate surface area is 277 Å². The van der Waals surface area contributed by atoms with Crippen molar-refractivity contribution in [3.8, 4) is 0 Å². The normalized spacial score (nSPS) is 10.3. The molecule has 0 aliphatic carbocycles. The molecular formula is C28H20N6O6Se4. The fourth-order valence-electron chi connectivity index (χ4n) is 3.43. The van der Waals surface area contributed by atoms with Gasteiger partial charge in [0, 0.05) is 0 Å². The van der Waals surface area contributed by atoms with E-state index in [1.807, 2.05) is 48.5 Å². The van der Waals surface area contributed by atoms with Gasteiger partial charge in [0.25, 0.3) is 0 Å². The number of rotatable bonds is 13. The zero-order chi connectivity index (χ0) is 31.6. The van der Waals surface area contributed by atoms with Crippen LogP contribution in [0.5, 0.6) is 0 Å². The van der Waals surface area contributed by atoms with Gasteiger partial charge in [-0.05, 0) is 0 Å². The summed E-state index contributed by atoms with van der Waals surface area (Å²) in [7, 11) is 0. The molecule has 4 aromatic rings. The molecule has 0 heterocycles. The molecule has 0 unspecified atom stereocenters. The van der Waals surface area contributed by atoms with Gasteiger partial charge in [-0.25, -0.2) is 0 Å². The molecule has 0 radical (unpaired) electrons. The van der Waals surface area contributed by atoms with Crippen molar-refractivity contribution in [1.82, 2.24) is 10.6 Å². The molecular weight excluding hydrogens is 832 g/mol. The van der Waals surface area contributed by atoms with Gasteiger partial charge in [-0.3, -0.25) is 0 Å². The Morgan fingerprint density at radius 1 is 0.545 bits per heavy atom. The van der Waals surface area contributed by atoms with Gasteiger partial charge in [0.2, 0.25) is 0 Å². The fraction of sp³-hybridized carbons (Fsp3) is 0. The van der Waals surface area contributed by atoms with Gasteiger partial charge in [-0.2, -0.15) is 0 Å². The van der Waals surface area contributed by atoms with E-state index in [9.17, 15) is 29.8 Å². The van der Waals surface area contributed by atoms with E-state index in [0.29, 0.717) is 20.5 Å². The molecule has 0 aliphatic heterocycles. The summed E-state index contributed by atoms with van der Waals surface area (Å²) in [6.45, 7) is 0. The Balaban J connectivity index is 1.20. The molecule has 0 bridgehead atoms. The standard InChI is InChI=1S/C28H20N6O6Se4/c35-25(17-1-9-21(10-2-17)33(37)38)31-27(41)29-19-5-13-23(14-6-19)43-44-24-15-7-20(8-16-24)30-28(42)32-26(36)18-3-11-22(12-4-18)34(39)40/h1-16H,(H2,29,31,35,41)(H2,30,32,36,42). The first-order valence-corrected chi connectivity index (χ1v) is 20.1. The molecule has 2 amide bonds. The summed E-state index contributed by atoms with van der Waals surface area (Å²) in [6, 6.07) is 26.6. The molecule has 0 saturated heterocycles. The van der Waals surface area contributed by atoms with Crippen LogP contribution < -0.4 is 30.2 Å². The van der Waals surface area contributed by atoms with Crippen LogP contribution in [0.15, 0.2) is 97.1 Å². The molecule has 12 nitrogen and oxygen atoms in total. The zero-order valence-electron chi connectivity index (χ0n) is 22.2. The Hall–Kier alpha value is -3.96. The van der Waals surface area contributed by atoms with E-state index in [0.717, 1.165) is 11.4 Å². The average molecular weight is 852 g/mol. The number of nitrogens with zero attached hydrogens (tertiary/aromatic N) is 2. The maximum atomic E-state index is 12.4. The van der Waals surface area contributed by atoms with Crippen LogP contribution in [0.25, 0.3) is 0 Å². The topological polar surface area (TPSA) is 169 Å². The van der Waals surface area contributed by atoms with Crippen molar-refractivity contribution in [2.75, 3.05) is 10.6 Å². The van der Waals surface area contributed by atoms with Gasteiger partial charge >= 0.3 is 279 Å². The van der Waals surface area contributed by atoms with Crippen LogP contribution in [-0.2, 0) is 0 Å². The van der Waals surface area contributed by atoms with Crippen molar-refractivity contribution in [3.05, 3.63) is 128 Å². The van der Waals surface area contributed by atoms with E-state index in [2.05, 4.69) is 52.4 Å². The number of anilines is 2. The fourth-order valence-corrected chi connectivity index (χ4v) is 10.3.